The van der Waals surface area contributed by atoms with Gasteiger partial charge in [0, 0.05) is 28.7 Å². The maximum absolute atomic E-state index is 12.8. The van der Waals surface area contributed by atoms with Gasteiger partial charge >= 0.3 is 0 Å². The largest absolute Gasteiger partial charge is 0.342 e. The molecule has 170 valence electrons. The molecule has 0 bridgehead atoms. The van der Waals surface area contributed by atoms with Crippen LogP contribution in [0.25, 0.3) is 0 Å². The lowest BCUT2D eigenvalue weighted by Gasteiger charge is -2.21. The molecule has 1 unspecified atom stereocenters. The second-order valence-electron chi connectivity index (χ2n) is 7.42. The number of rotatable bonds is 10. The topological polar surface area (TPSA) is 102 Å². The summed E-state index contributed by atoms with van der Waals surface area (Å²) in [7, 11) is 0. The van der Waals surface area contributed by atoms with Crippen LogP contribution in [0.3, 0.4) is 0 Å². The highest BCUT2D eigenvalue weighted by Crippen LogP contribution is 2.25. The molecular weight excluding hydrogens is 468 g/mol. The molecule has 2 amide bonds. The molecule has 2 aromatic heterocycles. The van der Waals surface area contributed by atoms with Crippen LogP contribution in [0.5, 0.6) is 0 Å². The maximum atomic E-state index is 12.8. The average molecular weight is 493 g/mol. The summed E-state index contributed by atoms with van der Waals surface area (Å²) in [6.45, 7) is 6.78. The van der Waals surface area contributed by atoms with Gasteiger partial charge in [-0.25, -0.2) is 4.98 Å². The Balaban J connectivity index is 1.73. The fourth-order valence-corrected chi connectivity index (χ4v) is 4.56. The third kappa shape index (κ3) is 6.54. The van der Waals surface area contributed by atoms with E-state index in [1.54, 1.807) is 35.8 Å². The number of halogens is 1. The first-order chi connectivity index (χ1) is 15.4. The zero-order valence-electron chi connectivity index (χ0n) is 18.0. The first-order valence-electron chi connectivity index (χ1n) is 10.2. The average Bonchev–Trinajstić information content (AvgIpc) is 3.41. The van der Waals surface area contributed by atoms with Crippen molar-refractivity contribution in [3.8, 4) is 0 Å². The summed E-state index contributed by atoms with van der Waals surface area (Å²) in [5, 5.41) is 18.1. The molecule has 0 fully saturated rings. The molecule has 0 aliphatic heterocycles. The Labute approximate surface area is 200 Å². The van der Waals surface area contributed by atoms with Crippen LogP contribution in [-0.4, -0.2) is 37.3 Å². The van der Waals surface area contributed by atoms with E-state index in [0.717, 1.165) is 0 Å². The quantitative estimate of drug-likeness (QED) is 0.399. The van der Waals surface area contributed by atoms with Crippen molar-refractivity contribution in [3.05, 3.63) is 52.3 Å². The molecule has 2 heterocycles. The Morgan fingerprint density at radius 1 is 1.22 bits per heavy atom. The first-order valence-corrected chi connectivity index (χ1v) is 12.4. The van der Waals surface area contributed by atoms with E-state index in [0.29, 0.717) is 45.6 Å². The highest BCUT2D eigenvalue weighted by atomic mass is 35.5. The van der Waals surface area contributed by atoms with Crippen molar-refractivity contribution in [2.45, 2.75) is 44.9 Å². The summed E-state index contributed by atoms with van der Waals surface area (Å²) in [5.41, 5.74) is 0.527. The van der Waals surface area contributed by atoms with E-state index in [1.165, 1.54) is 23.1 Å². The molecule has 11 heteroatoms. The van der Waals surface area contributed by atoms with Crippen LogP contribution in [0.4, 0.5) is 5.13 Å². The lowest BCUT2D eigenvalue weighted by molar-refractivity contribution is -0.113. The number of amides is 2. The van der Waals surface area contributed by atoms with E-state index in [4.69, 9.17) is 11.6 Å². The van der Waals surface area contributed by atoms with Crippen LogP contribution < -0.4 is 10.6 Å². The van der Waals surface area contributed by atoms with Crippen molar-refractivity contribution in [1.29, 1.82) is 0 Å². The molecule has 3 aromatic rings. The van der Waals surface area contributed by atoms with Crippen molar-refractivity contribution in [1.82, 2.24) is 25.1 Å². The second-order valence-corrected chi connectivity index (χ2v) is 9.70. The van der Waals surface area contributed by atoms with Crippen molar-refractivity contribution in [2.75, 3.05) is 11.1 Å². The minimum Gasteiger partial charge on any atom is -0.342 e. The Morgan fingerprint density at radius 2 is 1.97 bits per heavy atom. The fraction of sp³-hybridized carbons (Fsp3) is 0.381. The molecule has 0 radical (unpaired) electrons. The van der Waals surface area contributed by atoms with Crippen molar-refractivity contribution in [2.24, 2.45) is 5.92 Å². The fourth-order valence-electron chi connectivity index (χ4n) is 3.08. The van der Waals surface area contributed by atoms with E-state index >= 15 is 0 Å². The third-order valence-corrected chi connectivity index (χ3v) is 6.41. The van der Waals surface area contributed by atoms with E-state index in [-0.39, 0.29) is 23.6 Å². The molecule has 0 spiro atoms. The van der Waals surface area contributed by atoms with E-state index in [9.17, 15) is 9.59 Å². The summed E-state index contributed by atoms with van der Waals surface area (Å²) in [6, 6.07) is 6.44. The molecule has 0 aliphatic rings. The number of hydrogen-bond acceptors (Lipinski definition) is 7. The van der Waals surface area contributed by atoms with Crippen LogP contribution in [-0.2, 0) is 11.3 Å². The molecule has 32 heavy (non-hydrogen) atoms. The van der Waals surface area contributed by atoms with Crippen molar-refractivity contribution in [3.63, 3.8) is 0 Å². The zero-order valence-corrected chi connectivity index (χ0v) is 20.4. The molecule has 1 aromatic carbocycles. The third-order valence-electron chi connectivity index (χ3n) is 4.50. The Kier molecular flexibility index (Phi) is 8.66. The summed E-state index contributed by atoms with van der Waals surface area (Å²) in [5.74, 6) is 0.824. The van der Waals surface area contributed by atoms with E-state index in [2.05, 4.69) is 39.7 Å². The Bertz CT molecular complexity index is 1040. The van der Waals surface area contributed by atoms with E-state index in [1.807, 2.05) is 11.5 Å². The minimum absolute atomic E-state index is 0.160. The van der Waals surface area contributed by atoms with Crippen molar-refractivity contribution >= 4 is 51.6 Å². The summed E-state index contributed by atoms with van der Waals surface area (Å²) >= 11 is 8.60. The molecule has 1 atom stereocenters. The predicted octanol–water partition coefficient (Wildman–Crippen LogP) is 4.66. The Morgan fingerprint density at radius 3 is 2.59 bits per heavy atom. The number of hydrogen-bond donors (Lipinski definition) is 2. The van der Waals surface area contributed by atoms with Crippen molar-refractivity contribution < 1.29 is 9.59 Å². The van der Waals surface area contributed by atoms with Crippen LogP contribution in [0.15, 0.2) is 41.0 Å². The maximum Gasteiger partial charge on any atom is 0.251 e. The van der Waals surface area contributed by atoms with Gasteiger partial charge in [-0.3, -0.25) is 9.59 Å². The van der Waals surface area contributed by atoms with Crippen LogP contribution in [0, 0.1) is 5.92 Å². The van der Waals surface area contributed by atoms with Crippen LogP contribution >= 0.6 is 34.7 Å². The van der Waals surface area contributed by atoms with Gasteiger partial charge in [0.05, 0.1) is 11.8 Å². The zero-order chi connectivity index (χ0) is 23.1. The minimum atomic E-state index is -0.316. The summed E-state index contributed by atoms with van der Waals surface area (Å²) < 4.78 is 1.94. The number of carbonyl (C=O) groups is 2. The first kappa shape index (κ1) is 24.2. The Hall–Kier alpha value is -2.43. The summed E-state index contributed by atoms with van der Waals surface area (Å²) in [4.78, 5) is 29.1. The van der Waals surface area contributed by atoms with Gasteiger partial charge in [-0.2, -0.15) is 0 Å². The number of aromatic nitrogens is 4. The molecule has 0 aliphatic carbocycles. The van der Waals surface area contributed by atoms with Gasteiger partial charge in [-0.15, -0.1) is 21.5 Å². The number of carbonyl (C=O) groups excluding carboxylic acids is 2. The van der Waals surface area contributed by atoms with Gasteiger partial charge in [-0.1, -0.05) is 37.2 Å². The summed E-state index contributed by atoms with van der Waals surface area (Å²) in [6.07, 6.45) is 2.34. The smallest absolute Gasteiger partial charge is 0.251 e. The standard InChI is InChI=1S/C21H25ClN6O2S2/c1-4-28-18(26-27-21(28)32-12-17(29)25-20-23-9-10-31-20)16(11-13(2)3)24-19(30)14-5-7-15(22)8-6-14/h5-10,13,16H,4,11-12H2,1-3H3,(H,24,30)(H,23,25,29). The highest BCUT2D eigenvalue weighted by molar-refractivity contribution is 7.99. The monoisotopic (exact) mass is 492 g/mol. The van der Waals surface area contributed by atoms with Gasteiger partial charge < -0.3 is 15.2 Å². The normalized spacial score (nSPS) is 12.0. The molecule has 0 saturated carbocycles. The van der Waals surface area contributed by atoms with Crippen LogP contribution in [0.1, 0.15) is 49.4 Å². The highest BCUT2D eigenvalue weighted by Gasteiger charge is 2.24. The predicted molar refractivity (Wildman–Crippen MR) is 128 cm³/mol. The molecule has 8 nitrogen and oxygen atoms in total. The second kappa shape index (κ2) is 11.4. The van der Waals surface area contributed by atoms with E-state index < -0.39 is 0 Å². The van der Waals surface area contributed by atoms with Crippen LogP contribution in [0.2, 0.25) is 5.02 Å². The number of thiazole rings is 1. The lowest BCUT2D eigenvalue weighted by atomic mass is 10.0. The van der Waals surface area contributed by atoms with Gasteiger partial charge in [-0.05, 0) is 43.5 Å². The number of nitrogens with zero attached hydrogens (tertiary/aromatic N) is 4. The molecular formula is C21H25ClN6O2S2. The SMILES string of the molecule is CCn1c(SCC(=O)Nc2nccs2)nnc1C(CC(C)C)NC(=O)c1ccc(Cl)cc1. The number of anilines is 1. The molecule has 2 N–H and O–H groups in total. The number of nitrogens with one attached hydrogen (secondary N) is 2. The number of thioether (sulfide) groups is 1. The lowest BCUT2D eigenvalue weighted by Crippen LogP contribution is -2.31. The molecule has 3 rings (SSSR count). The van der Waals surface area contributed by atoms with Gasteiger partial charge in [0.1, 0.15) is 0 Å². The van der Waals surface area contributed by atoms with Gasteiger partial charge in [0.25, 0.3) is 5.91 Å². The number of benzene rings is 1. The van der Waals surface area contributed by atoms with Gasteiger partial charge in [0.15, 0.2) is 16.1 Å². The molecule has 0 saturated heterocycles. The van der Waals surface area contributed by atoms with Gasteiger partial charge in [0.2, 0.25) is 5.91 Å².